The van der Waals surface area contributed by atoms with Crippen molar-refractivity contribution in [2.45, 2.75) is 51.5 Å². The molecule has 1 aromatic heterocycles. The molecule has 1 aliphatic carbocycles. The van der Waals surface area contributed by atoms with E-state index in [-0.39, 0.29) is 5.91 Å². The monoisotopic (exact) mass is 461 g/mol. The fourth-order valence-corrected chi connectivity index (χ4v) is 5.64. The quantitative estimate of drug-likeness (QED) is 0.484. The van der Waals surface area contributed by atoms with Gasteiger partial charge in [-0.25, -0.2) is 0 Å². The molecule has 0 spiro atoms. The van der Waals surface area contributed by atoms with Gasteiger partial charge in [-0.1, -0.05) is 49.1 Å². The first-order chi connectivity index (χ1) is 16.1. The van der Waals surface area contributed by atoms with Gasteiger partial charge in [0.25, 0.3) is 0 Å². The van der Waals surface area contributed by atoms with Crippen LogP contribution in [0.3, 0.4) is 0 Å². The standard InChI is InChI=1S/C27H28ClN3O2/c28-24-22-6-2-3-7-23(22)33-25(24)30-26(32)27(11-4-1-5-12-27)13-15-31-14-10-20-9-8-19(17-29)16-21(20)18-31/h2-3,6-9,16H,1,4-5,10-15,18H2,(H,30,32). The van der Waals surface area contributed by atoms with Crippen LogP contribution in [-0.4, -0.2) is 23.9 Å². The molecule has 0 atom stereocenters. The van der Waals surface area contributed by atoms with Crippen molar-refractivity contribution in [3.05, 3.63) is 64.2 Å². The molecule has 0 saturated heterocycles. The van der Waals surface area contributed by atoms with Gasteiger partial charge in [0.15, 0.2) is 0 Å². The van der Waals surface area contributed by atoms with Gasteiger partial charge in [-0.05, 0) is 67.6 Å². The summed E-state index contributed by atoms with van der Waals surface area (Å²) in [5, 5.41) is 13.6. The summed E-state index contributed by atoms with van der Waals surface area (Å²) in [6.07, 6.45) is 6.87. The van der Waals surface area contributed by atoms with E-state index < -0.39 is 5.41 Å². The molecule has 2 heterocycles. The number of para-hydroxylation sites is 1. The summed E-state index contributed by atoms with van der Waals surface area (Å²) in [5.74, 6) is 0.371. The Morgan fingerprint density at radius 2 is 1.97 bits per heavy atom. The SMILES string of the molecule is N#Cc1ccc2c(c1)CN(CCC1(C(=O)Nc3oc4ccccc4c3Cl)CCCCC1)CC2. The van der Waals surface area contributed by atoms with Gasteiger partial charge in [-0.3, -0.25) is 15.0 Å². The molecule has 0 bridgehead atoms. The molecule has 5 nitrogen and oxygen atoms in total. The third-order valence-corrected chi connectivity index (χ3v) is 7.76. The zero-order chi connectivity index (χ0) is 22.8. The number of rotatable bonds is 5. The summed E-state index contributed by atoms with van der Waals surface area (Å²) in [4.78, 5) is 16.0. The summed E-state index contributed by atoms with van der Waals surface area (Å²) in [6.45, 7) is 2.67. The number of hydrogen-bond donors (Lipinski definition) is 1. The average Bonchev–Trinajstić information content (AvgIpc) is 3.18. The van der Waals surface area contributed by atoms with E-state index in [0.29, 0.717) is 22.1 Å². The lowest BCUT2D eigenvalue weighted by Gasteiger charge is -2.38. The predicted octanol–water partition coefficient (Wildman–Crippen LogP) is 6.30. The Kier molecular flexibility index (Phi) is 6.14. The molecule has 5 rings (SSSR count). The minimum atomic E-state index is -0.407. The van der Waals surface area contributed by atoms with Crippen LogP contribution < -0.4 is 5.32 Å². The Bertz CT molecular complexity index is 1220. The van der Waals surface area contributed by atoms with Crippen LogP contribution in [0.5, 0.6) is 0 Å². The third-order valence-electron chi connectivity index (χ3n) is 7.39. The highest BCUT2D eigenvalue weighted by atomic mass is 35.5. The fourth-order valence-electron chi connectivity index (χ4n) is 5.40. The molecular weight excluding hydrogens is 434 g/mol. The van der Waals surface area contributed by atoms with Crippen molar-refractivity contribution < 1.29 is 9.21 Å². The van der Waals surface area contributed by atoms with Gasteiger partial charge in [0, 0.05) is 18.5 Å². The van der Waals surface area contributed by atoms with E-state index in [2.05, 4.69) is 22.4 Å². The van der Waals surface area contributed by atoms with Gasteiger partial charge in [0.1, 0.15) is 10.6 Å². The van der Waals surface area contributed by atoms with Gasteiger partial charge in [0.05, 0.1) is 17.0 Å². The van der Waals surface area contributed by atoms with Crippen LogP contribution in [0.4, 0.5) is 5.88 Å². The highest BCUT2D eigenvalue weighted by molar-refractivity contribution is 6.38. The van der Waals surface area contributed by atoms with E-state index in [1.807, 2.05) is 36.4 Å². The van der Waals surface area contributed by atoms with Crippen LogP contribution >= 0.6 is 11.6 Å². The van der Waals surface area contributed by atoms with Crippen molar-refractivity contribution in [2.75, 3.05) is 18.4 Å². The number of hydrogen-bond acceptors (Lipinski definition) is 4. The van der Waals surface area contributed by atoms with Crippen LogP contribution in [0.15, 0.2) is 46.9 Å². The van der Waals surface area contributed by atoms with Gasteiger partial charge >= 0.3 is 0 Å². The normalized spacial score (nSPS) is 17.9. The molecule has 1 saturated carbocycles. The lowest BCUT2D eigenvalue weighted by Crippen LogP contribution is -2.42. The van der Waals surface area contributed by atoms with Crippen LogP contribution in [0.2, 0.25) is 5.02 Å². The van der Waals surface area contributed by atoms with Crippen LogP contribution in [-0.2, 0) is 17.8 Å². The summed E-state index contributed by atoms with van der Waals surface area (Å²) in [6, 6.07) is 15.8. The smallest absolute Gasteiger partial charge is 0.232 e. The number of nitrogens with one attached hydrogen (secondary N) is 1. The molecular formula is C27H28ClN3O2. The van der Waals surface area contributed by atoms with E-state index in [4.69, 9.17) is 16.0 Å². The third kappa shape index (κ3) is 4.38. The number of furan rings is 1. The van der Waals surface area contributed by atoms with Crippen molar-refractivity contribution in [3.8, 4) is 6.07 Å². The highest BCUT2D eigenvalue weighted by Gasteiger charge is 2.40. The minimum absolute atomic E-state index is 0.0207. The van der Waals surface area contributed by atoms with Crippen LogP contribution in [0.1, 0.15) is 55.2 Å². The summed E-state index contributed by atoms with van der Waals surface area (Å²) >= 11 is 6.52. The minimum Gasteiger partial charge on any atom is -0.439 e. The van der Waals surface area contributed by atoms with E-state index in [1.54, 1.807) is 0 Å². The Labute approximate surface area is 199 Å². The lowest BCUT2D eigenvalue weighted by molar-refractivity contribution is -0.128. The zero-order valence-electron chi connectivity index (χ0n) is 18.7. The molecule has 0 radical (unpaired) electrons. The Hall–Kier alpha value is -2.81. The number of nitriles is 1. The molecule has 2 aromatic carbocycles. The number of fused-ring (bicyclic) bond motifs is 2. The van der Waals surface area contributed by atoms with Crippen molar-refractivity contribution in [3.63, 3.8) is 0 Å². The Morgan fingerprint density at radius 1 is 1.15 bits per heavy atom. The molecule has 1 N–H and O–H groups in total. The van der Waals surface area contributed by atoms with Crippen molar-refractivity contribution in [1.29, 1.82) is 5.26 Å². The number of halogens is 1. The van der Waals surface area contributed by atoms with E-state index in [9.17, 15) is 10.1 Å². The second-order valence-corrected chi connectivity index (χ2v) is 9.79. The van der Waals surface area contributed by atoms with E-state index in [0.717, 1.165) is 63.5 Å². The number of anilines is 1. The number of nitrogens with zero attached hydrogens (tertiary/aromatic N) is 2. The van der Waals surface area contributed by atoms with Gasteiger partial charge in [-0.2, -0.15) is 5.26 Å². The van der Waals surface area contributed by atoms with E-state index in [1.165, 1.54) is 17.5 Å². The molecule has 2 aliphatic rings. The molecule has 1 amide bonds. The largest absolute Gasteiger partial charge is 0.439 e. The van der Waals surface area contributed by atoms with Crippen molar-refractivity contribution in [1.82, 2.24) is 4.90 Å². The second kappa shape index (κ2) is 9.21. The summed E-state index contributed by atoms with van der Waals surface area (Å²) in [7, 11) is 0. The Balaban J connectivity index is 1.31. The maximum atomic E-state index is 13.6. The summed E-state index contributed by atoms with van der Waals surface area (Å²) in [5.41, 5.74) is 3.54. The predicted molar refractivity (Wildman–Crippen MR) is 130 cm³/mol. The topological polar surface area (TPSA) is 69.3 Å². The fraction of sp³-hybridized carbons (Fsp3) is 0.407. The second-order valence-electron chi connectivity index (χ2n) is 9.41. The van der Waals surface area contributed by atoms with Crippen LogP contribution in [0, 0.1) is 16.7 Å². The maximum Gasteiger partial charge on any atom is 0.232 e. The molecule has 33 heavy (non-hydrogen) atoms. The lowest BCUT2D eigenvalue weighted by atomic mass is 9.71. The van der Waals surface area contributed by atoms with E-state index >= 15 is 0 Å². The molecule has 6 heteroatoms. The first-order valence-corrected chi connectivity index (χ1v) is 12.2. The molecule has 3 aromatic rings. The first-order valence-electron chi connectivity index (χ1n) is 11.8. The number of benzene rings is 2. The van der Waals surface area contributed by atoms with Crippen molar-refractivity contribution in [2.24, 2.45) is 5.41 Å². The first kappa shape index (κ1) is 22.0. The number of carbonyl (C=O) groups is 1. The average molecular weight is 462 g/mol. The maximum absolute atomic E-state index is 13.6. The van der Waals surface area contributed by atoms with Crippen molar-refractivity contribution >= 4 is 34.4 Å². The van der Waals surface area contributed by atoms with Crippen LogP contribution in [0.25, 0.3) is 11.0 Å². The highest BCUT2D eigenvalue weighted by Crippen LogP contribution is 2.42. The molecule has 170 valence electrons. The van der Waals surface area contributed by atoms with Gasteiger partial charge in [-0.15, -0.1) is 0 Å². The molecule has 1 aliphatic heterocycles. The van der Waals surface area contributed by atoms with Gasteiger partial charge < -0.3 is 4.42 Å². The molecule has 0 unspecified atom stereocenters. The zero-order valence-corrected chi connectivity index (χ0v) is 19.5. The number of amides is 1. The van der Waals surface area contributed by atoms with Gasteiger partial charge in [0.2, 0.25) is 11.8 Å². The number of carbonyl (C=O) groups excluding carboxylic acids is 1. The summed E-state index contributed by atoms with van der Waals surface area (Å²) < 4.78 is 5.86. The molecule has 1 fully saturated rings. The Morgan fingerprint density at radius 3 is 2.76 bits per heavy atom.